The number of ether oxygens (including phenoxy) is 1. The van der Waals surface area contributed by atoms with Gasteiger partial charge < -0.3 is 15.0 Å². The molecule has 1 amide bonds. The summed E-state index contributed by atoms with van der Waals surface area (Å²) >= 11 is 0. The summed E-state index contributed by atoms with van der Waals surface area (Å²) in [7, 11) is 0. The summed E-state index contributed by atoms with van der Waals surface area (Å²) in [5, 5.41) is 3.04. The summed E-state index contributed by atoms with van der Waals surface area (Å²) in [6.07, 6.45) is 1.73. The van der Waals surface area contributed by atoms with E-state index >= 15 is 0 Å². The number of morpholine rings is 1. The van der Waals surface area contributed by atoms with E-state index in [9.17, 15) is 4.79 Å². The van der Waals surface area contributed by atoms with E-state index in [1.165, 1.54) is 0 Å². The molecule has 1 fully saturated rings. The van der Waals surface area contributed by atoms with Crippen LogP contribution in [0, 0.1) is 0 Å². The standard InChI is InChI=1S/C15H20N2O2/c1-2-8-16-11-15(18)17-9-10-19-14(12-17)13-6-4-3-5-7-13/h2-7,14,16H,1,8-12H2. The van der Waals surface area contributed by atoms with Crippen molar-refractivity contribution in [3.05, 3.63) is 48.6 Å². The predicted octanol–water partition coefficient (Wildman–Crippen LogP) is 1.36. The van der Waals surface area contributed by atoms with Gasteiger partial charge in [0, 0.05) is 13.1 Å². The number of rotatable bonds is 5. The molecular weight excluding hydrogens is 240 g/mol. The largest absolute Gasteiger partial charge is 0.370 e. The normalized spacial score (nSPS) is 19.2. The average molecular weight is 260 g/mol. The van der Waals surface area contributed by atoms with Gasteiger partial charge in [0.15, 0.2) is 0 Å². The molecule has 102 valence electrons. The average Bonchev–Trinajstić information content (AvgIpc) is 2.48. The number of nitrogens with zero attached hydrogens (tertiary/aromatic N) is 1. The number of hydrogen-bond acceptors (Lipinski definition) is 3. The van der Waals surface area contributed by atoms with Crippen LogP contribution in [0.3, 0.4) is 0 Å². The van der Waals surface area contributed by atoms with E-state index in [1.807, 2.05) is 35.2 Å². The molecule has 1 atom stereocenters. The van der Waals surface area contributed by atoms with E-state index in [4.69, 9.17) is 4.74 Å². The van der Waals surface area contributed by atoms with Gasteiger partial charge in [-0.3, -0.25) is 4.79 Å². The van der Waals surface area contributed by atoms with Crippen LogP contribution in [0.1, 0.15) is 11.7 Å². The number of carbonyl (C=O) groups excluding carboxylic acids is 1. The van der Waals surface area contributed by atoms with E-state index in [1.54, 1.807) is 6.08 Å². The molecule has 1 aromatic rings. The Bertz CT molecular complexity index is 419. The van der Waals surface area contributed by atoms with E-state index in [0.29, 0.717) is 32.8 Å². The summed E-state index contributed by atoms with van der Waals surface area (Å²) in [5.41, 5.74) is 1.12. The van der Waals surface area contributed by atoms with Gasteiger partial charge in [0.2, 0.25) is 5.91 Å². The highest BCUT2D eigenvalue weighted by Crippen LogP contribution is 2.21. The molecule has 0 saturated carbocycles. The van der Waals surface area contributed by atoms with Crippen molar-refractivity contribution in [2.75, 3.05) is 32.8 Å². The summed E-state index contributed by atoms with van der Waals surface area (Å²) in [6.45, 7) is 6.50. The zero-order valence-electron chi connectivity index (χ0n) is 11.0. The first-order valence-electron chi connectivity index (χ1n) is 6.57. The third-order valence-electron chi connectivity index (χ3n) is 3.16. The zero-order valence-corrected chi connectivity index (χ0v) is 11.0. The Morgan fingerprint density at radius 1 is 1.47 bits per heavy atom. The highest BCUT2D eigenvalue weighted by Gasteiger charge is 2.24. The van der Waals surface area contributed by atoms with Crippen molar-refractivity contribution >= 4 is 5.91 Å². The molecule has 1 aliphatic heterocycles. The molecule has 0 aliphatic carbocycles. The van der Waals surface area contributed by atoms with Crippen molar-refractivity contribution in [3.8, 4) is 0 Å². The minimum atomic E-state index is -0.0155. The Kier molecular flexibility index (Phi) is 5.12. The Labute approximate surface area is 114 Å². The Morgan fingerprint density at radius 3 is 3.00 bits per heavy atom. The number of nitrogens with one attached hydrogen (secondary N) is 1. The summed E-state index contributed by atoms with van der Waals surface area (Å²) < 4.78 is 5.74. The van der Waals surface area contributed by atoms with Crippen molar-refractivity contribution in [1.29, 1.82) is 0 Å². The fraction of sp³-hybridized carbons (Fsp3) is 0.400. The summed E-state index contributed by atoms with van der Waals surface area (Å²) in [6, 6.07) is 10.0. The lowest BCUT2D eigenvalue weighted by molar-refractivity contribution is -0.138. The molecule has 2 rings (SSSR count). The highest BCUT2D eigenvalue weighted by molar-refractivity contribution is 5.78. The van der Waals surface area contributed by atoms with Gasteiger partial charge in [-0.2, -0.15) is 0 Å². The first-order valence-corrected chi connectivity index (χ1v) is 6.57. The van der Waals surface area contributed by atoms with Crippen LogP contribution in [-0.4, -0.2) is 43.6 Å². The number of benzene rings is 1. The minimum absolute atomic E-state index is 0.0155. The molecule has 4 nitrogen and oxygen atoms in total. The fourth-order valence-electron chi connectivity index (χ4n) is 2.14. The van der Waals surface area contributed by atoms with Gasteiger partial charge in [0.1, 0.15) is 6.10 Å². The second-order valence-electron chi connectivity index (χ2n) is 4.53. The second kappa shape index (κ2) is 7.07. The predicted molar refractivity (Wildman–Crippen MR) is 74.8 cm³/mol. The molecule has 1 aromatic carbocycles. The monoisotopic (exact) mass is 260 g/mol. The molecular formula is C15H20N2O2. The summed E-state index contributed by atoms with van der Waals surface area (Å²) in [5.74, 6) is 0.117. The van der Waals surface area contributed by atoms with Gasteiger partial charge in [0.05, 0.1) is 19.7 Å². The lowest BCUT2D eigenvalue weighted by atomic mass is 10.1. The third kappa shape index (κ3) is 3.91. The maximum Gasteiger partial charge on any atom is 0.236 e. The summed E-state index contributed by atoms with van der Waals surface area (Å²) in [4.78, 5) is 13.9. The molecule has 1 saturated heterocycles. The van der Waals surface area contributed by atoms with E-state index in [0.717, 1.165) is 5.56 Å². The van der Waals surface area contributed by atoms with Gasteiger partial charge in [-0.05, 0) is 5.56 Å². The molecule has 1 aliphatic rings. The van der Waals surface area contributed by atoms with Crippen molar-refractivity contribution < 1.29 is 9.53 Å². The van der Waals surface area contributed by atoms with Crippen molar-refractivity contribution in [2.24, 2.45) is 0 Å². The lowest BCUT2D eigenvalue weighted by Crippen LogP contribution is -2.45. The third-order valence-corrected chi connectivity index (χ3v) is 3.16. The minimum Gasteiger partial charge on any atom is -0.370 e. The number of amides is 1. The van der Waals surface area contributed by atoms with Gasteiger partial charge in [-0.25, -0.2) is 0 Å². The van der Waals surface area contributed by atoms with E-state index < -0.39 is 0 Å². The van der Waals surface area contributed by atoms with Crippen LogP contribution < -0.4 is 5.32 Å². The van der Waals surface area contributed by atoms with Gasteiger partial charge in [-0.1, -0.05) is 36.4 Å². The molecule has 1 unspecified atom stereocenters. The van der Waals surface area contributed by atoms with Crippen molar-refractivity contribution in [2.45, 2.75) is 6.10 Å². The van der Waals surface area contributed by atoms with Gasteiger partial charge >= 0.3 is 0 Å². The first kappa shape index (κ1) is 13.8. The molecule has 0 radical (unpaired) electrons. The van der Waals surface area contributed by atoms with Crippen LogP contribution >= 0.6 is 0 Å². The van der Waals surface area contributed by atoms with Crippen molar-refractivity contribution in [1.82, 2.24) is 10.2 Å². The van der Waals surface area contributed by atoms with Crippen LogP contribution in [0.2, 0.25) is 0 Å². The van der Waals surface area contributed by atoms with Crippen LogP contribution in [0.5, 0.6) is 0 Å². The van der Waals surface area contributed by atoms with Crippen LogP contribution in [0.25, 0.3) is 0 Å². The van der Waals surface area contributed by atoms with Crippen LogP contribution in [-0.2, 0) is 9.53 Å². The van der Waals surface area contributed by atoms with Crippen molar-refractivity contribution in [3.63, 3.8) is 0 Å². The van der Waals surface area contributed by atoms with Gasteiger partial charge in [0.25, 0.3) is 0 Å². The van der Waals surface area contributed by atoms with E-state index in [-0.39, 0.29) is 12.0 Å². The van der Waals surface area contributed by atoms with Crippen LogP contribution in [0.4, 0.5) is 0 Å². The Morgan fingerprint density at radius 2 is 2.26 bits per heavy atom. The quantitative estimate of drug-likeness (QED) is 0.642. The molecule has 4 heteroatoms. The maximum absolute atomic E-state index is 12.0. The Hall–Kier alpha value is -1.65. The van der Waals surface area contributed by atoms with E-state index in [2.05, 4.69) is 11.9 Å². The van der Waals surface area contributed by atoms with Gasteiger partial charge in [-0.15, -0.1) is 6.58 Å². The fourth-order valence-corrected chi connectivity index (χ4v) is 2.14. The highest BCUT2D eigenvalue weighted by atomic mass is 16.5. The topological polar surface area (TPSA) is 41.6 Å². The SMILES string of the molecule is C=CCNCC(=O)N1CCOC(c2ccccc2)C1. The molecule has 0 bridgehead atoms. The maximum atomic E-state index is 12.0. The smallest absolute Gasteiger partial charge is 0.236 e. The second-order valence-corrected chi connectivity index (χ2v) is 4.53. The lowest BCUT2D eigenvalue weighted by Gasteiger charge is -2.33. The molecule has 1 heterocycles. The zero-order chi connectivity index (χ0) is 13.5. The Balaban J connectivity index is 1.90. The first-order chi connectivity index (χ1) is 9.31. The van der Waals surface area contributed by atoms with Crippen LogP contribution in [0.15, 0.2) is 43.0 Å². The molecule has 0 aromatic heterocycles. The molecule has 19 heavy (non-hydrogen) atoms. The molecule has 1 N–H and O–H groups in total. The molecule has 0 spiro atoms. The number of hydrogen-bond donors (Lipinski definition) is 1. The number of carbonyl (C=O) groups is 1.